The monoisotopic (exact) mass is 248 g/mol. The first-order valence-corrected chi connectivity index (χ1v) is 7.30. The van der Waals surface area contributed by atoms with E-state index in [-0.39, 0.29) is 12.2 Å². The molecule has 5 nitrogen and oxygen atoms in total. The van der Waals surface area contributed by atoms with Gasteiger partial charge in [0.1, 0.15) is 0 Å². The lowest BCUT2D eigenvalue weighted by molar-refractivity contribution is -0.165. The van der Waals surface area contributed by atoms with Crippen molar-refractivity contribution in [3.05, 3.63) is 0 Å². The SMILES string of the molecule is O=C(O)C1(C2(O)CCS(=O)(=O)C2)CCCC1. The molecule has 92 valence electrons. The minimum Gasteiger partial charge on any atom is -0.481 e. The van der Waals surface area contributed by atoms with Crippen molar-refractivity contribution in [2.45, 2.75) is 37.7 Å². The smallest absolute Gasteiger partial charge is 0.312 e. The van der Waals surface area contributed by atoms with E-state index in [0.717, 1.165) is 12.8 Å². The van der Waals surface area contributed by atoms with E-state index in [9.17, 15) is 23.4 Å². The fourth-order valence-corrected chi connectivity index (χ4v) is 5.01. The molecule has 1 heterocycles. The van der Waals surface area contributed by atoms with Gasteiger partial charge in [0, 0.05) is 0 Å². The van der Waals surface area contributed by atoms with Gasteiger partial charge in [0.15, 0.2) is 9.84 Å². The Morgan fingerprint density at radius 1 is 1.12 bits per heavy atom. The van der Waals surface area contributed by atoms with Gasteiger partial charge in [-0.2, -0.15) is 0 Å². The molecule has 1 saturated heterocycles. The van der Waals surface area contributed by atoms with Crippen molar-refractivity contribution >= 4 is 15.8 Å². The van der Waals surface area contributed by atoms with Crippen LogP contribution in [0.5, 0.6) is 0 Å². The van der Waals surface area contributed by atoms with Crippen LogP contribution < -0.4 is 0 Å². The average molecular weight is 248 g/mol. The molecule has 2 aliphatic rings. The van der Waals surface area contributed by atoms with Gasteiger partial charge in [0.2, 0.25) is 0 Å². The lowest BCUT2D eigenvalue weighted by atomic mass is 9.70. The summed E-state index contributed by atoms with van der Waals surface area (Å²) in [7, 11) is -3.28. The molecule has 0 bridgehead atoms. The number of sulfone groups is 1. The highest BCUT2D eigenvalue weighted by Gasteiger charge is 2.61. The lowest BCUT2D eigenvalue weighted by Gasteiger charge is -2.38. The molecular weight excluding hydrogens is 232 g/mol. The molecule has 16 heavy (non-hydrogen) atoms. The summed E-state index contributed by atoms with van der Waals surface area (Å²) in [6, 6.07) is 0. The highest BCUT2D eigenvalue weighted by molar-refractivity contribution is 7.91. The Hall–Kier alpha value is -0.620. The van der Waals surface area contributed by atoms with E-state index in [0.29, 0.717) is 12.8 Å². The van der Waals surface area contributed by atoms with E-state index >= 15 is 0 Å². The third kappa shape index (κ3) is 1.55. The summed E-state index contributed by atoms with van der Waals surface area (Å²) in [6.45, 7) is 0. The van der Waals surface area contributed by atoms with Gasteiger partial charge in [0.05, 0.1) is 22.5 Å². The first-order chi connectivity index (χ1) is 7.31. The van der Waals surface area contributed by atoms with Gasteiger partial charge in [-0.3, -0.25) is 4.79 Å². The van der Waals surface area contributed by atoms with Gasteiger partial charge in [-0.05, 0) is 19.3 Å². The normalized spacial score (nSPS) is 36.3. The van der Waals surface area contributed by atoms with E-state index in [1.54, 1.807) is 0 Å². The molecule has 1 aliphatic heterocycles. The third-order valence-electron chi connectivity index (χ3n) is 4.04. The summed E-state index contributed by atoms with van der Waals surface area (Å²) in [4.78, 5) is 11.4. The van der Waals surface area contributed by atoms with Crippen molar-refractivity contribution in [2.75, 3.05) is 11.5 Å². The van der Waals surface area contributed by atoms with Crippen LogP contribution in [-0.2, 0) is 14.6 Å². The standard InChI is InChI=1S/C10H16O5S/c11-8(12)9(3-1-2-4-9)10(13)5-6-16(14,15)7-10/h13H,1-7H2,(H,11,12). The zero-order valence-corrected chi connectivity index (χ0v) is 9.79. The van der Waals surface area contributed by atoms with Crippen molar-refractivity contribution in [2.24, 2.45) is 5.41 Å². The Kier molecular flexibility index (Phi) is 2.54. The molecule has 2 N–H and O–H groups in total. The molecule has 1 unspecified atom stereocenters. The molecule has 0 aromatic carbocycles. The number of carboxylic acids is 1. The van der Waals surface area contributed by atoms with Crippen molar-refractivity contribution in [3.63, 3.8) is 0 Å². The Labute approximate surface area is 94.4 Å². The van der Waals surface area contributed by atoms with Crippen LogP contribution in [0.2, 0.25) is 0 Å². The van der Waals surface area contributed by atoms with Crippen molar-refractivity contribution < 1.29 is 23.4 Å². The summed E-state index contributed by atoms with van der Waals surface area (Å²) < 4.78 is 22.8. The maximum Gasteiger partial charge on any atom is 0.312 e. The van der Waals surface area contributed by atoms with Crippen molar-refractivity contribution in [1.29, 1.82) is 0 Å². The fraction of sp³-hybridized carbons (Fsp3) is 0.900. The Bertz CT molecular complexity index is 407. The maximum absolute atomic E-state index is 11.4. The van der Waals surface area contributed by atoms with Gasteiger partial charge >= 0.3 is 5.97 Å². The van der Waals surface area contributed by atoms with Crippen LogP contribution in [0, 0.1) is 5.41 Å². The molecule has 2 rings (SSSR count). The third-order valence-corrected chi connectivity index (χ3v) is 5.79. The van der Waals surface area contributed by atoms with Gasteiger partial charge in [-0.25, -0.2) is 8.42 Å². The number of aliphatic hydroxyl groups is 1. The van der Waals surface area contributed by atoms with E-state index in [1.807, 2.05) is 0 Å². The van der Waals surface area contributed by atoms with Crippen LogP contribution in [0.1, 0.15) is 32.1 Å². The lowest BCUT2D eigenvalue weighted by Crippen LogP contribution is -2.52. The van der Waals surface area contributed by atoms with Crippen molar-refractivity contribution in [3.8, 4) is 0 Å². The zero-order valence-electron chi connectivity index (χ0n) is 8.98. The number of hydrogen-bond donors (Lipinski definition) is 2. The number of rotatable bonds is 2. The molecule has 2 fully saturated rings. The predicted octanol–water partition coefficient (Wildman–Crippen LogP) is 0.181. The van der Waals surface area contributed by atoms with Gasteiger partial charge in [0.25, 0.3) is 0 Å². The largest absolute Gasteiger partial charge is 0.481 e. The number of carboxylic acid groups (broad SMARTS) is 1. The van der Waals surface area contributed by atoms with Crippen LogP contribution in [0.15, 0.2) is 0 Å². The average Bonchev–Trinajstić information content (AvgIpc) is 2.72. The zero-order chi connectivity index (χ0) is 12.0. The Balaban J connectivity index is 2.38. The van der Waals surface area contributed by atoms with Crippen LogP contribution in [-0.4, -0.2) is 41.7 Å². The Morgan fingerprint density at radius 2 is 1.69 bits per heavy atom. The quantitative estimate of drug-likeness (QED) is 0.727. The number of carbonyl (C=O) groups is 1. The van der Waals surface area contributed by atoms with Gasteiger partial charge in [-0.1, -0.05) is 12.8 Å². The summed E-state index contributed by atoms with van der Waals surface area (Å²) >= 11 is 0. The Morgan fingerprint density at radius 3 is 2.06 bits per heavy atom. The summed E-state index contributed by atoms with van der Waals surface area (Å²) in [6.07, 6.45) is 2.31. The summed E-state index contributed by atoms with van der Waals surface area (Å²) in [5, 5.41) is 19.7. The maximum atomic E-state index is 11.4. The molecule has 0 amide bonds. The fourth-order valence-electron chi connectivity index (χ4n) is 3.07. The number of aliphatic carboxylic acids is 1. The second-order valence-electron chi connectivity index (χ2n) is 4.97. The van der Waals surface area contributed by atoms with Crippen LogP contribution >= 0.6 is 0 Å². The van der Waals surface area contributed by atoms with E-state index < -0.39 is 32.6 Å². The topological polar surface area (TPSA) is 91.7 Å². The van der Waals surface area contributed by atoms with Crippen LogP contribution in [0.3, 0.4) is 0 Å². The van der Waals surface area contributed by atoms with Crippen molar-refractivity contribution in [1.82, 2.24) is 0 Å². The molecule has 0 radical (unpaired) electrons. The minimum atomic E-state index is -3.28. The molecule has 1 atom stereocenters. The van der Waals surface area contributed by atoms with Crippen LogP contribution in [0.25, 0.3) is 0 Å². The summed E-state index contributed by atoms with van der Waals surface area (Å²) in [5.41, 5.74) is -2.80. The number of hydrogen-bond acceptors (Lipinski definition) is 4. The highest BCUT2D eigenvalue weighted by Crippen LogP contribution is 2.51. The summed E-state index contributed by atoms with van der Waals surface area (Å²) in [5.74, 6) is -1.55. The van der Waals surface area contributed by atoms with Gasteiger partial charge in [-0.15, -0.1) is 0 Å². The minimum absolute atomic E-state index is 0.0572. The molecule has 0 spiro atoms. The highest BCUT2D eigenvalue weighted by atomic mass is 32.2. The van der Waals surface area contributed by atoms with E-state index in [4.69, 9.17) is 0 Å². The second-order valence-corrected chi connectivity index (χ2v) is 7.15. The molecule has 6 heteroatoms. The van der Waals surface area contributed by atoms with E-state index in [1.165, 1.54) is 0 Å². The molecule has 0 aromatic heterocycles. The van der Waals surface area contributed by atoms with Crippen LogP contribution in [0.4, 0.5) is 0 Å². The predicted molar refractivity (Wildman–Crippen MR) is 56.8 cm³/mol. The molecular formula is C10H16O5S. The first kappa shape index (κ1) is 11.9. The molecule has 1 aliphatic carbocycles. The molecule has 1 saturated carbocycles. The van der Waals surface area contributed by atoms with E-state index in [2.05, 4.69) is 0 Å². The van der Waals surface area contributed by atoms with Gasteiger partial charge < -0.3 is 10.2 Å². The first-order valence-electron chi connectivity index (χ1n) is 5.48. The second kappa shape index (κ2) is 3.43. The molecule has 0 aromatic rings.